The first kappa shape index (κ1) is 19.1. The van der Waals surface area contributed by atoms with Crippen LogP contribution in [-0.4, -0.2) is 45.7 Å². The molecular formula is C20H21F3N4S. The fourth-order valence-electron chi connectivity index (χ4n) is 3.63. The van der Waals surface area contributed by atoms with Crippen LogP contribution in [0.15, 0.2) is 36.5 Å². The SMILES string of the molecule is Cc1nc(-c2ccccc2)sc1-c1cnc(C2CCN(CC(F)(F)F)CC2)[nH]1. The summed E-state index contributed by atoms with van der Waals surface area (Å²) in [6.07, 6.45) is -0.961. The van der Waals surface area contributed by atoms with Gasteiger partial charge in [0.05, 0.1) is 29.0 Å². The van der Waals surface area contributed by atoms with E-state index in [0.29, 0.717) is 25.9 Å². The Morgan fingerprint density at radius 3 is 2.57 bits per heavy atom. The molecule has 1 aliphatic rings. The lowest BCUT2D eigenvalue weighted by Gasteiger charge is -2.31. The topological polar surface area (TPSA) is 44.8 Å². The van der Waals surface area contributed by atoms with E-state index in [1.54, 1.807) is 11.3 Å². The summed E-state index contributed by atoms with van der Waals surface area (Å²) in [5, 5.41) is 0.963. The number of H-pyrrole nitrogens is 1. The number of benzene rings is 1. The van der Waals surface area contributed by atoms with Crippen LogP contribution in [0, 0.1) is 6.92 Å². The average molecular weight is 406 g/mol. The molecule has 1 aliphatic heterocycles. The number of hydrogen-bond donors (Lipinski definition) is 1. The molecule has 3 aromatic rings. The van der Waals surface area contributed by atoms with Gasteiger partial charge < -0.3 is 4.98 Å². The van der Waals surface area contributed by atoms with Crippen molar-refractivity contribution >= 4 is 11.3 Å². The zero-order chi connectivity index (χ0) is 19.7. The molecule has 2 aromatic heterocycles. The lowest BCUT2D eigenvalue weighted by atomic mass is 9.96. The van der Waals surface area contributed by atoms with Gasteiger partial charge in [-0.3, -0.25) is 4.90 Å². The molecule has 1 fully saturated rings. The number of aromatic nitrogens is 3. The Labute approximate surface area is 165 Å². The molecule has 0 aliphatic carbocycles. The second kappa shape index (κ2) is 7.67. The van der Waals surface area contributed by atoms with Crippen molar-refractivity contribution in [1.82, 2.24) is 19.9 Å². The molecule has 0 radical (unpaired) electrons. The Morgan fingerprint density at radius 2 is 1.89 bits per heavy atom. The molecule has 0 amide bonds. The molecule has 0 unspecified atom stereocenters. The third-order valence-corrected chi connectivity index (χ3v) is 6.27. The highest BCUT2D eigenvalue weighted by atomic mass is 32.1. The van der Waals surface area contributed by atoms with Gasteiger partial charge in [-0.25, -0.2) is 9.97 Å². The number of aromatic amines is 1. The first-order valence-electron chi connectivity index (χ1n) is 9.26. The molecular weight excluding hydrogens is 385 g/mol. The van der Waals surface area contributed by atoms with Gasteiger partial charge in [0, 0.05) is 11.5 Å². The molecule has 148 valence electrons. The zero-order valence-corrected chi connectivity index (χ0v) is 16.3. The van der Waals surface area contributed by atoms with Gasteiger partial charge in [-0.05, 0) is 32.9 Å². The Bertz CT molecular complexity index is 925. The van der Waals surface area contributed by atoms with Gasteiger partial charge in [0.1, 0.15) is 10.8 Å². The molecule has 8 heteroatoms. The van der Waals surface area contributed by atoms with Crippen LogP contribution in [0.3, 0.4) is 0 Å². The van der Waals surface area contributed by atoms with Crippen LogP contribution >= 0.6 is 11.3 Å². The Hall–Kier alpha value is -2.19. The number of thiazole rings is 1. The number of imidazole rings is 1. The number of piperidine rings is 1. The van der Waals surface area contributed by atoms with Crippen molar-refractivity contribution in [2.45, 2.75) is 31.9 Å². The van der Waals surface area contributed by atoms with Crippen LogP contribution in [0.2, 0.25) is 0 Å². The summed E-state index contributed by atoms with van der Waals surface area (Å²) in [7, 11) is 0. The first-order chi connectivity index (χ1) is 13.4. The van der Waals surface area contributed by atoms with E-state index >= 15 is 0 Å². The van der Waals surface area contributed by atoms with Crippen LogP contribution < -0.4 is 0 Å². The van der Waals surface area contributed by atoms with Crippen molar-refractivity contribution < 1.29 is 13.2 Å². The molecule has 1 aromatic carbocycles. The summed E-state index contributed by atoms with van der Waals surface area (Å²) < 4.78 is 37.6. The minimum Gasteiger partial charge on any atom is -0.341 e. The number of likely N-dealkylation sites (tertiary alicyclic amines) is 1. The third kappa shape index (κ3) is 4.28. The van der Waals surface area contributed by atoms with E-state index in [1.165, 1.54) is 4.90 Å². The highest BCUT2D eigenvalue weighted by Crippen LogP contribution is 2.36. The van der Waals surface area contributed by atoms with Crippen molar-refractivity contribution in [3.63, 3.8) is 0 Å². The molecule has 0 spiro atoms. The van der Waals surface area contributed by atoms with Gasteiger partial charge >= 0.3 is 6.18 Å². The van der Waals surface area contributed by atoms with Crippen molar-refractivity contribution in [1.29, 1.82) is 0 Å². The summed E-state index contributed by atoms with van der Waals surface area (Å²) in [4.78, 5) is 15.1. The fraction of sp³-hybridized carbons (Fsp3) is 0.400. The van der Waals surface area contributed by atoms with Crippen molar-refractivity contribution in [3.8, 4) is 21.1 Å². The largest absolute Gasteiger partial charge is 0.401 e. The maximum absolute atomic E-state index is 12.5. The van der Waals surface area contributed by atoms with E-state index in [0.717, 1.165) is 32.7 Å². The van der Waals surface area contributed by atoms with Crippen LogP contribution in [0.4, 0.5) is 13.2 Å². The van der Waals surface area contributed by atoms with Crippen LogP contribution in [0.1, 0.15) is 30.3 Å². The Morgan fingerprint density at radius 1 is 1.18 bits per heavy atom. The van der Waals surface area contributed by atoms with Crippen LogP contribution in [0.25, 0.3) is 21.1 Å². The predicted octanol–water partition coefficient (Wildman–Crippen LogP) is 5.25. The highest BCUT2D eigenvalue weighted by molar-refractivity contribution is 7.18. The lowest BCUT2D eigenvalue weighted by molar-refractivity contribution is -0.148. The minimum atomic E-state index is -4.13. The number of nitrogens with one attached hydrogen (secondary N) is 1. The zero-order valence-electron chi connectivity index (χ0n) is 15.5. The van der Waals surface area contributed by atoms with E-state index in [1.807, 2.05) is 43.5 Å². The van der Waals surface area contributed by atoms with Gasteiger partial charge in [-0.15, -0.1) is 11.3 Å². The quantitative estimate of drug-likeness (QED) is 0.644. The third-order valence-electron chi connectivity index (χ3n) is 5.03. The maximum Gasteiger partial charge on any atom is 0.401 e. The van der Waals surface area contributed by atoms with Gasteiger partial charge in [-0.1, -0.05) is 30.3 Å². The highest BCUT2D eigenvalue weighted by Gasteiger charge is 2.33. The molecule has 0 saturated carbocycles. The average Bonchev–Trinajstić information content (AvgIpc) is 3.28. The molecule has 0 atom stereocenters. The van der Waals surface area contributed by atoms with E-state index in [4.69, 9.17) is 0 Å². The molecule has 1 saturated heterocycles. The summed E-state index contributed by atoms with van der Waals surface area (Å²) >= 11 is 1.62. The van der Waals surface area contributed by atoms with Crippen molar-refractivity contribution in [2.24, 2.45) is 0 Å². The summed E-state index contributed by atoms with van der Waals surface area (Å²) in [6, 6.07) is 10.0. The van der Waals surface area contributed by atoms with Gasteiger partial charge in [0.2, 0.25) is 0 Å². The Kier molecular flexibility index (Phi) is 5.25. The summed E-state index contributed by atoms with van der Waals surface area (Å²) in [5.41, 5.74) is 2.95. The molecule has 4 nitrogen and oxygen atoms in total. The van der Waals surface area contributed by atoms with E-state index in [-0.39, 0.29) is 5.92 Å². The van der Waals surface area contributed by atoms with Gasteiger partial charge in [0.15, 0.2) is 0 Å². The van der Waals surface area contributed by atoms with Crippen LogP contribution in [0.5, 0.6) is 0 Å². The maximum atomic E-state index is 12.5. The molecule has 4 rings (SSSR count). The number of hydrogen-bond acceptors (Lipinski definition) is 4. The van der Waals surface area contributed by atoms with Gasteiger partial charge in [-0.2, -0.15) is 13.2 Å². The number of alkyl halides is 3. The molecule has 0 bridgehead atoms. The number of aryl methyl sites for hydroxylation is 1. The molecule has 28 heavy (non-hydrogen) atoms. The number of halogens is 3. The standard InChI is InChI=1S/C20H21F3N4S/c1-13-17(28-19(25-13)15-5-3-2-4-6-15)16-11-24-18(26-16)14-7-9-27(10-8-14)12-20(21,22)23/h2-6,11,14H,7-10,12H2,1H3,(H,24,26). The molecule has 3 heterocycles. The summed E-state index contributed by atoms with van der Waals surface area (Å²) in [6.45, 7) is 2.04. The van der Waals surface area contributed by atoms with E-state index in [2.05, 4.69) is 15.0 Å². The van der Waals surface area contributed by atoms with Crippen molar-refractivity contribution in [2.75, 3.05) is 19.6 Å². The van der Waals surface area contributed by atoms with E-state index in [9.17, 15) is 13.2 Å². The minimum absolute atomic E-state index is 0.167. The van der Waals surface area contributed by atoms with Crippen LogP contribution in [-0.2, 0) is 0 Å². The second-order valence-corrected chi connectivity index (χ2v) is 8.15. The van der Waals surface area contributed by atoms with Gasteiger partial charge in [0.25, 0.3) is 0 Å². The predicted molar refractivity (Wildman–Crippen MR) is 104 cm³/mol. The summed E-state index contributed by atoms with van der Waals surface area (Å²) in [5.74, 6) is 1.02. The lowest BCUT2D eigenvalue weighted by Crippen LogP contribution is -2.39. The van der Waals surface area contributed by atoms with E-state index < -0.39 is 12.7 Å². The second-order valence-electron chi connectivity index (χ2n) is 7.15. The number of nitrogens with zero attached hydrogens (tertiary/aromatic N) is 3. The first-order valence-corrected chi connectivity index (χ1v) is 10.1. The number of rotatable bonds is 4. The fourth-order valence-corrected chi connectivity index (χ4v) is 4.66. The Balaban J connectivity index is 1.46. The normalized spacial score (nSPS) is 16.6. The van der Waals surface area contributed by atoms with Crippen molar-refractivity contribution in [3.05, 3.63) is 48.0 Å². The molecule has 1 N–H and O–H groups in total. The smallest absolute Gasteiger partial charge is 0.341 e. The monoisotopic (exact) mass is 406 g/mol.